The molecular formula is C16H19NO4S. The lowest BCUT2D eigenvalue weighted by atomic mass is 10.0. The highest BCUT2D eigenvalue weighted by Crippen LogP contribution is 2.31. The zero-order valence-corrected chi connectivity index (χ0v) is 13.9. The monoisotopic (exact) mass is 321 g/mol. The van der Waals surface area contributed by atoms with Gasteiger partial charge >= 0.3 is 5.97 Å². The fourth-order valence-electron chi connectivity index (χ4n) is 2.19. The van der Waals surface area contributed by atoms with Crippen molar-refractivity contribution in [1.82, 2.24) is 0 Å². The van der Waals surface area contributed by atoms with Crippen molar-refractivity contribution < 1.29 is 18.7 Å². The molecule has 0 aliphatic carbocycles. The Bertz CT molecular complexity index is 684. The molecule has 0 fully saturated rings. The third-order valence-corrected chi connectivity index (χ3v) is 4.16. The summed E-state index contributed by atoms with van der Waals surface area (Å²) in [6, 6.07) is 1.60. The summed E-state index contributed by atoms with van der Waals surface area (Å²) in [5.41, 5.74) is 1.79. The molecule has 0 aromatic carbocycles. The molecule has 118 valence electrons. The Morgan fingerprint density at radius 1 is 1.41 bits per heavy atom. The molecule has 0 unspecified atom stereocenters. The molecule has 2 aromatic rings. The molecule has 2 aromatic heterocycles. The molecule has 2 rings (SSSR count). The van der Waals surface area contributed by atoms with E-state index in [-0.39, 0.29) is 5.91 Å². The van der Waals surface area contributed by atoms with Crippen LogP contribution in [0.25, 0.3) is 0 Å². The van der Waals surface area contributed by atoms with E-state index in [1.54, 1.807) is 13.0 Å². The number of thiophene rings is 1. The number of carbonyl (C=O) groups excluding carboxylic acids is 2. The van der Waals surface area contributed by atoms with Crippen LogP contribution in [-0.4, -0.2) is 19.0 Å². The summed E-state index contributed by atoms with van der Waals surface area (Å²) in [5, 5.41) is 5.18. The maximum absolute atomic E-state index is 12.3. The number of hydrogen-bond donors (Lipinski definition) is 1. The fraction of sp³-hybridized carbons (Fsp3) is 0.375. The Kier molecular flexibility index (Phi) is 5.03. The first-order valence-electron chi connectivity index (χ1n) is 6.98. The van der Waals surface area contributed by atoms with Gasteiger partial charge in [0.15, 0.2) is 0 Å². The summed E-state index contributed by atoms with van der Waals surface area (Å²) in [5.74, 6) is 0.208. The van der Waals surface area contributed by atoms with Crippen LogP contribution >= 0.6 is 11.3 Å². The average molecular weight is 321 g/mol. The first kappa shape index (κ1) is 16.3. The van der Waals surface area contributed by atoms with Crippen molar-refractivity contribution in [1.29, 1.82) is 0 Å². The van der Waals surface area contributed by atoms with Crippen molar-refractivity contribution in [3.63, 3.8) is 0 Å². The van der Waals surface area contributed by atoms with Gasteiger partial charge in [-0.1, -0.05) is 13.8 Å². The lowest BCUT2D eigenvalue weighted by molar-refractivity contribution is 0.0601. The maximum atomic E-state index is 12.3. The van der Waals surface area contributed by atoms with Crippen LogP contribution in [0.3, 0.4) is 0 Å². The van der Waals surface area contributed by atoms with Crippen LogP contribution in [0.1, 0.15) is 45.9 Å². The van der Waals surface area contributed by atoms with Crippen molar-refractivity contribution in [3.8, 4) is 0 Å². The normalized spacial score (nSPS) is 10.8. The van der Waals surface area contributed by atoms with Gasteiger partial charge in [0.1, 0.15) is 10.8 Å². The number of anilines is 1. The van der Waals surface area contributed by atoms with E-state index >= 15 is 0 Å². The zero-order chi connectivity index (χ0) is 16.3. The number of carbonyl (C=O) groups is 2. The first-order valence-corrected chi connectivity index (χ1v) is 7.86. The SMILES string of the molecule is COC(=O)c1c(CC(C)C)csc1NC(=O)c1ccoc1C. The van der Waals surface area contributed by atoms with Gasteiger partial charge in [0.2, 0.25) is 0 Å². The van der Waals surface area contributed by atoms with Crippen LogP contribution in [0.4, 0.5) is 5.00 Å². The highest BCUT2D eigenvalue weighted by Gasteiger charge is 2.22. The molecule has 1 amide bonds. The number of ether oxygens (including phenoxy) is 1. The van der Waals surface area contributed by atoms with Gasteiger partial charge < -0.3 is 14.5 Å². The summed E-state index contributed by atoms with van der Waals surface area (Å²) < 4.78 is 9.98. The second-order valence-electron chi connectivity index (χ2n) is 5.40. The largest absolute Gasteiger partial charge is 0.469 e. The highest BCUT2D eigenvalue weighted by molar-refractivity contribution is 7.15. The molecule has 0 radical (unpaired) electrons. The second-order valence-corrected chi connectivity index (χ2v) is 6.28. The van der Waals surface area contributed by atoms with Gasteiger partial charge in [-0.05, 0) is 36.3 Å². The number of methoxy groups -OCH3 is 1. The summed E-state index contributed by atoms with van der Waals surface area (Å²) in [6.07, 6.45) is 2.21. The Balaban J connectivity index is 2.31. The fourth-order valence-corrected chi connectivity index (χ4v) is 3.15. The lowest BCUT2D eigenvalue weighted by Crippen LogP contribution is -2.15. The molecule has 0 spiro atoms. The van der Waals surface area contributed by atoms with E-state index in [1.165, 1.54) is 24.7 Å². The molecule has 6 heteroatoms. The molecule has 0 aliphatic heterocycles. The number of hydrogen-bond acceptors (Lipinski definition) is 5. The third-order valence-electron chi connectivity index (χ3n) is 3.22. The molecule has 22 heavy (non-hydrogen) atoms. The van der Waals surface area contributed by atoms with Gasteiger partial charge in [-0.2, -0.15) is 0 Å². The van der Waals surface area contributed by atoms with Gasteiger partial charge in [-0.3, -0.25) is 4.79 Å². The van der Waals surface area contributed by atoms with Crippen LogP contribution in [0, 0.1) is 12.8 Å². The van der Waals surface area contributed by atoms with Crippen molar-refractivity contribution in [2.45, 2.75) is 27.2 Å². The van der Waals surface area contributed by atoms with Crippen molar-refractivity contribution in [3.05, 3.63) is 40.2 Å². The lowest BCUT2D eigenvalue weighted by Gasteiger charge is -2.08. The Labute approximate surface area is 133 Å². The smallest absolute Gasteiger partial charge is 0.341 e. The molecule has 5 nitrogen and oxygen atoms in total. The van der Waals surface area contributed by atoms with Gasteiger partial charge in [0.25, 0.3) is 5.91 Å². The van der Waals surface area contributed by atoms with Gasteiger partial charge in [0, 0.05) is 0 Å². The van der Waals surface area contributed by atoms with E-state index < -0.39 is 5.97 Å². The highest BCUT2D eigenvalue weighted by atomic mass is 32.1. The minimum atomic E-state index is -0.434. The summed E-state index contributed by atoms with van der Waals surface area (Å²) in [6.45, 7) is 5.87. The number of amides is 1. The van der Waals surface area contributed by atoms with E-state index in [0.29, 0.717) is 27.8 Å². The predicted molar refractivity (Wildman–Crippen MR) is 85.6 cm³/mol. The van der Waals surface area contributed by atoms with Crippen LogP contribution in [0.15, 0.2) is 22.1 Å². The summed E-state index contributed by atoms with van der Waals surface area (Å²) in [7, 11) is 1.34. The minimum Gasteiger partial charge on any atom is -0.469 e. The molecule has 0 bridgehead atoms. The topological polar surface area (TPSA) is 68.5 Å². The molecule has 0 saturated heterocycles. The number of esters is 1. The molecule has 1 N–H and O–H groups in total. The average Bonchev–Trinajstić information content (AvgIpc) is 3.04. The maximum Gasteiger partial charge on any atom is 0.341 e. The molecule has 0 aliphatic rings. The van der Waals surface area contributed by atoms with Crippen molar-refractivity contribution >= 4 is 28.2 Å². The van der Waals surface area contributed by atoms with Crippen LogP contribution in [-0.2, 0) is 11.2 Å². The van der Waals surface area contributed by atoms with Gasteiger partial charge in [-0.15, -0.1) is 11.3 Å². The molecule has 0 saturated carbocycles. The zero-order valence-electron chi connectivity index (χ0n) is 13.1. The number of furan rings is 1. The van der Waals surface area contributed by atoms with Crippen molar-refractivity contribution in [2.75, 3.05) is 12.4 Å². The molecular weight excluding hydrogens is 302 g/mol. The number of rotatable bonds is 5. The van der Waals surface area contributed by atoms with E-state index in [9.17, 15) is 9.59 Å². The van der Waals surface area contributed by atoms with Crippen molar-refractivity contribution in [2.24, 2.45) is 5.92 Å². The van der Waals surface area contributed by atoms with E-state index in [0.717, 1.165) is 12.0 Å². The van der Waals surface area contributed by atoms with Crippen LogP contribution < -0.4 is 5.32 Å². The number of nitrogens with one attached hydrogen (secondary N) is 1. The Hall–Kier alpha value is -2.08. The van der Waals surface area contributed by atoms with Gasteiger partial charge in [-0.25, -0.2) is 4.79 Å². The molecule has 2 heterocycles. The Morgan fingerprint density at radius 3 is 2.68 bits per heavy atom. The standard InChI is InChI=1S/C16H19NO4S/c1-9(2)7-11-8-22-15(13(11)16(19)20-4)17-14(18)12-5-6-21-10(12)3/h5-6,8-9H,7H2,1-4H3,(H,17,18). The van der Waals surface area contributed by atoms with Crippen LogP contribution in [0.2, 0.25) is 0 Å². The molecule has 0 atom stereocenters. The third kappa shape index (κ3) is 3.39. The summed E-state index contributed by atoms with van der Waals surface area (Å²) >= 11 is 1.33. The van der Waals surface area contributed by atoms with E-state index in [4.69, 9.17) is 9.15 Å². The quantitative estimate of drug-likeness (QED) is 0.848. The van der Waals surface area contributed by atoms with E-state index in [1.807, 2.05) is 5.38 Å². The van der Waals surface area contributed by atoms with Gasteiger partial charge in [0.05, 0.1) is 24.5 Å². The summed E-state index contributed by atoms with van der Waals surface area (Å²) in [4.78, 5) is 24.3. The first-order chi connectivity index (χ1) is 10.4. The van der Waals surface area contributed by atoms with Crippen LogP contribution in [0.5, 0.6) is 0 Å². The predicted octanol–water partition coefficient (Wildman–Crippen LogP) is 3.89. The minimum absolute atomic E-state index is 0.297. The van der Waals surface area contributed by atoms with E-state index in [2.05, 4.69) is 19.2 Å². The Morgan fingerprint density at radius 2 is 2.14 bits per heavy atom. The number of aryl methyl sites for hydroxylation is 1. The second kappa shape index (κ2) is 6.79.